The number of amides is 5. The predicted molar refractivity (Wildman–Crippen MR) is 74.2 cm³/mol. The van der Waals surface area contributed by atoms with E-state index >= 15 is 0 Å². The van der Waals surface area contributed by atoms with E-state index in [0.717, 1.165) is 0 Å². The van der Waals surface area contributed by atoms with Crippen molar-refractivity contribution in [1.29, 1.82) is 0 Å². The van der Waals surface area contributed by atoms with Gasteiger partial charge < -0.3 is 4.90 Å². The zero-order chi connectivity index (χ0) is 15.6. The topological polar surface area (TPSA) is 95.6 Å². The Morgan fingerprint density at radius 1 is 1.29 bits per heavy atom. The highest BCUT2D eigenvalue weighted by Crippen LogP contribution is 2.30. The first-order valence-electron chi connectivity index (χ1n) is 6.62. The van der Waals surface area contributed by atoms with Gasteiger partial charge in [0.25, 0.3) is 0 Å². The molecule has 7 nitrogen and oxygen atoms in total. The Hall–Kier alpha value is -1.89. The number of imide groups is 2. The van der Waals surface area contributed by atoms with Gasteiger partial charge in [-0.3, -0.25) is 25.0 Å². The van der Waals surface area contributed by atoms with Gasteiger partial charge >= 0.3 is 6.03 Å². The van der Waals surface area contributed by atoms with Crippen LogP contribution in [-0.2, 0) is 14.4 Å². The lowest BCUT2D eigenvalue weighted by Crippen LogP contribution is -2.65. The molecule has 21 heavy (non-hydrogen) atoms. The molecule has 2 N–H and O–H groups in total. The second kappa shape index (κ2) is 5.85. The second-order valence-corrected chi connectivity index (χ2v) is 5.83. The number of carbonyl (C=O) groups is 4. The zero-order valence-electron chi connectivity index (χ0n) is 11.6. The van der Waals surface area contributed by atoms with Crippen LogP contribution in [0.1, 0.15) is 26.2 Å². The second-order valence-electron chi connectivity index (χ2n) is 5.23. The van der Waals surface area contributed by atoms with Crippen molar-refractivity contribution >= 4 is 35.4 Å². The number of hydrogen-bond donors (Lipinski definition) is 2. The first-order valence-corrected chi connectivity index (χ1v) is 7.00. The van der Waals surface area contributed by atoms with Gasteiger partial charge in [0.1, 0.15) is 5.41 Å². The average Bonchev–Trinajstić information content (AvgIpc) is 2.77. The van der Waals surface area contributed by atoms with E-state index in [2.05, 4.69) is 10.6 Å². The molecule has 0 saturated carbocycles. The highest BCUT2D eigenvalue weighted by atomic mass is 35.5. The summed E-state index contributed by atoms with van der Waals surface area (Å²) in [6, 6.07) is -0.847. The van der Waals surface area contributed by atoms with E-state index < -0.39 is 23.3 Å². The lowest BCUT2D eigenvalue weighted by atomic mass is 9.80. The molecule has 0 aromatic carbocycles. The van der Waals surface area contributed by atoms with Gasteiger partial charge in [0.15, 0.2) is 0 Å². The third kappa shape index (κ3) is 3.07. The van der Waals surface area contributed by atoms with Crippen molar-refractivity contribution in [3.05, 3.63) is 11.1 Å². The maximum atomic E-state index is 12.2. The Balaban J connectivity index is 2.31. The van der Waals surface area contributed by atoms with E-state index in [4.69, 9.17) is 11.6 Å². The first kappa shape index (κ1) is 15.5. The SMILES string of the molecule is C/C(Cl)=C\CC1(CN2CCCC2=O)C(=O)NC(=O)NC1=O. The molecule has 0 unspecified atom stereocenters. The Labute approximate surface area is 126 Å². The molecule has 8 heteroatoms. The van der Waals surface area contributed by atoms with Crippen LogP contribution in [0.25, 0.3) is 0 Å². The summed E-state index contributed by atoms with van der Waals surface area (Å²) in [6.45, 7) is 2.07. The molecule has 0 spiro atoms. The van der Waals surface area contributed by atoms with Gasteiger partial charge in [-0.15, -0.1) is 0 Å². The summed E-state index contributed by atoms with van der Waals surface area (Å²) in [5.74, 6) is -1.51. The van der Waals surface area contributed by atoms with Crippen LogP contribution in [0, 0.1) is 5.41 Å². The smallest absolute Gasteiger partial charge is 0.328 e. The van der Waals surface area contributed by atoms with Crippen LogP contribution >= 0.6 is 11.6 Å². The van der Waals surface area contributed by atoms with Crippen molar-refractivity contribution in [2.24, 2.45) is 5.41 Å². The lowest BCUT2D eigenvalue weighted by molar-refractivity contribution is -0.146. The molecule has 0 aliphatic carbocycles. The third-order valence-electron chi connectivity index (χ3n) is 3.69. The molecule has 2 heterocycles. The first-order chi connectivity index (χ1) is 9.85. The van der Waals surface area contributed by atoms with E-state index in [1.165, 1.54) is 11.0 Å². The summed E-state index contributed by atoms with van der Waals surface area (Å²) in [4.78, 5) is 48.9. The minimum absolute atomic E-state index is 0.0249. The van der Waals surface area contributed by atoms with E-state index in [-0.39, 0.29) is 18.9 Å². The zero-order valence-corrected chi connectivity index (χ0v) is 12.3. The molecule has 114 valence electrons. The van der Waals surface area contributed by atoms with Crippen LogP contribution in [-0.4, -0.2) is 41.7 Å². The molecular formula is C13H16ClN3O4. The molecule has 5 amide bonds. The molecule has 0 aromatic heterocycles. The molecule has 0 aromatic rings. The third-order valence-corrected chi connectivity index (χ3v) is 3.84. The lowest BCUT2D eigenvalue weighted by Gasteiger charge is -2.36. The van der Waals surface area contributed by atoms with Crippen LogP contribution in [0.15, 0.2) is 11.1 Å². The fourth-order valence-corrected chi connectivity index (χ4v) is 2.56. The van der Waals surface area contributed by atoms with Crippen molar-refractivity contribution in [2.45, 2.75) is 26.2 Å². The van der Waals surface area contributed by atoms with Crippen LogP contribution in [0.5, 0.6) is 0 Å². The number of halogens is 1. The highest BCUT2D eigenvalue weighted by Gasteiger charge is 2.51. The van der Waals surface area contributed by atoms with Crippen LogP contribution in [0.2, 0.25) is 0 Å². The van der Waals surface area contributed by atoms with Gasteiger partial charge in [-0.2, -0.15) is 0 Å². The average molecular weight is 314 g/mol. The number of nitrogens with zero attached hydrogens (tertiary/aromatic N) is 1. The quantitative estimate of drug-likeness (QED) is 0.739. The normalized spacial score (nSPS) is 22.4. The van der Waals surface area contributed by atoms with Crippen LogP contribution < -0.4 is 10.6 Å². The van der Waals surface area contributed by atoms with Gasteiger partial charge in [-0.05, 0) is 19.8 Å². The fraction of sp³-hybridized carbons (Fsp3) is 0.538. The number of urea groups is 1. The van der Waals surface area contributed by atoms with Gasteiger partial charge in [-0.1, -0.05) is 17.7 Å². The summed E-state index contributed by atoms with van der Waals surface area (Å²) >= 11 is 5.78. The molecule has 2 aliphatic rings. The number of barbiturate groups is 1. The van der Waals surface area contributed by atoms with Gasteiger partial charge in [0.2, 0.25) is 17.7 Å². The Morgan fingerprint density at radius 2 is 1.90 bits per heavy atom. The van der Waals surface area contributed by atoms with E-state index in [0.29, 0.717) is 24.4 Å². The highest BCUT2D eigenvalue weighted by molar-refractivity contribution is 6.29. The fourth-order valence-electron chi connectivity index (χ4n) is 2.49. The van der Waals surface area contributed by atoms with Crippen molar-refractivity contribution in [3.63, 3.8) is 0 Å². The minimum Gasteiger partial charge on any atom is -0.341 e. The molecular weight excluding hydrogens is 298 g/mol. The van der Waals surface area contributed by atoms with Crippen molar-refractivity contribution in [3.8, 4) is 0 Å². The van der Waals surface area contributed by atoms with Crippen molar-refractivity contribution < 1.29 is 19.2 Å². The Morgan fingerprint density at radius 3 is 2.38 bits per heavy atom. The van der Waals surface area contributed by atoms with Crippen LogP contribution in [0.4, 0.5) is 4.79 Å². The van der Waals surface area contributed by atoms with Crippen molar-refractivity contribution in [2.75, 3.05) is 13.1 Å². The number of carbonyl (C=O) groups excluding carboxylic acids is 4. The Bertz CT molecular complexity index is 520. The number of allylic oxidation sites excluding steroid dienone is 2. The molecule has 0 atom stereocenters. The summed E-state index contributed by atoms with van der Waals surface area (Å²) in [5.41, 5.74) is -1.52. The summed E-state index contributed by atoms with van der Waals surface area (Å²) in [5, 5.41) is 4.62. The number of likely N-dealkylation sites (tertiary alicyclic amines) is 1. The molecule has 2 aliphatic heterocycles. The largest absolute Gasteiger partial charge is 0.341 e. The number of nitrogens with one attached hydrogen (secondary N) is 2. The maximum Gasteiger partial charge on any atom is 0.328 e. The predicted octanol–water partition coefficient (Wildman–Crippen LogP) is 0.494. The molecule has 0 radical (unpaired) electrons. The Kier molecular flexibility index (Phi) is 4.32. The van der Waals surface area contributed by atoms with Crippen LogP contribution in [0.3, 0.4) is 0 Å². The molecule has 2 rings (SSSR count). The standard InChI is InChI=1S/C13H16ClN3O4/c1-8(14)4-5-13(7-17-6-2-3-9(17)18)10(19)15-12(21)16-11(13)20/h4H,2-3,5-7H2,1H3,(H2,15,16,19,20,21)/b8-4+. The summed E-state index contributed by atoms with van der Waals surface area (Å²) < 4.78 is 0. The maximum absolute atomic E-state index is 12.2. The van der Waals surface area contributed by atoms with E-state index in [9.17, 15) is 19.2 Å². The minimum atomic E-state index is -1.52. The molecule has 2 fully saturated rings. The molecule has 0 bridgehead atoms. The van der Waals surface area contributed by atoms with Gasteiger partial charge in [0, 0.05) is 24.5 Å². The van der Waals surface area contributed by atoms with Gasteiger partial charge in [0.05, 0.1) is 0 Å². The summed E-state index contributed by atoms with van der Waals surface area (Å²) in [6.07, 6.45) is 2.66. The number of hydrogen-bond acceptors (Lipinski definition) is 4. The molecule has 2 saturated heterocycles. The van der Waals surface area contributed by atoms with Gasteiger partial charge in [-0.25, -0.2) is 4.79 Å². The summed E-state index contributed by atoms with van der Waals surface area (Å²) in [7, 11) is 0. The van der Waals surface area contributed by atoms with Crippen molar-refractivity contribution in [1.82, 2.24) is 15.5 Å². The van der Waals surface area contributed by atoms with E-state index in [1.807, 2.05) is 0 Å². The monoisotopic (exact) mass is 313 g/mol. The van der Waals surface area contributed by atoms with E-state index in [1.54, 1.807) is 6.92 Å². The number of rotatable bonds is 4.